The zero-order valence-electron chi connectivity index (χ0n) is 23.5. The molecule has 0 aliphatic carbocycles. The van der Waals surface area contributed by atoms with Gasteiger partial charge in [-0.25, -0.2) is 4.79 Å². The van der Waals surface area contributed by atoms with Crippen LogP contribution in [-0.4, -0.2) is 52.1 Å². The van der Waals surface area contributed by atoms with Crippen LogP contribution in [0.3, 0.4) is 0 Å². The van der Waals surface area contributed by atoms with Gasteiger partial charge >= 0.3 is 6.09 Å². The van der Waals surface area contributed by atoms with Gasteiger partial charge in [-0.15, -0.1) is 0 Å². The van der Waals surface area contributed by atoms with Gasteiger partial charge in [-0.3, -0.25) is 9.59 Å². The summed E-state index contributed by atoms with van der Waals surface area (Å²) >= 11 is 0. The molecular weight excluding hydrogens is 482 g/mol. The lowest BCUT2D eigenvalue weighted by atomic mass is 9.99. The van der Waals surface area contributed by atoms with Crippen molar-refractivity contribution in [3.63, 3.8) is 0 Å². The summed E-state index contributed by atoms with van der Waals surface area (Å²) in [5.41, 5.74) is 0.694. The van der Waals surface area contributed by atoms with E-state index in [-0.39, 0.29) is 24.1 Å². The van der Waals surface area contributed by atoms with Crippen molar-refractivity contribution >= 4 is 17.9 Å². The number of hydrogen-bond donors (Lipinski definition) is 3. The number of rotatable bonds is 12. The molecule has 0 radical (unpaired) electrons. The Bertz CT molecular complexity index is 1030. The number of benzene rings is 2. The number of hydrogen-bond acceptors (Lipinski definition) is 5. The lowest BCUT2D eigenvalue weighted by molar-refractivity contribution is -0.142. The van der Waals surface area contributed by atoms with Gasteiger partial charge in [-0.1, -0.05) is 62.7 Å². The van der Waals surface area contributed by atoms with E-state index in [9.17, 15) is 19.5 Å². The number of nitrogens with one attached hydrogen (secondary N) is 2. The summed E-state index contributed by atoms with van der Waals surface area (Å²) in [4.78, 5) is 42.1. The second-order valence-electron chi connectivity index (χ2n) is 10.6. The SMILES string of the molecule is CCCC(C)NC(=O)C(c1ccc(O)cc1)N(CCC)C(=O)C(Cc1ccccc1)NC(=O)OC(C)(C)C. The van der Waals surface area contributed by atoms with Crippen LogP contribution in [0.2, 0.25) is 0 Å². The normalized spacial score (nSPS) is 13.6. The van der Waals surface area contributed by atoms with Gasteiger partial charge in [-0.05, 0) is 63.8 Å². The maximum Gasteiger partial charge on any atom is 0.408 e. The van der Waals surface area contributed by atoms with Crippen molar-refractivity contribution in [2.24, 2.45) is 0 Å². The van der Waals surface area contributed by atoms with Crippen LogP contribution in [0.1, 0.15) is 78.0 Å². The molecule has 0 bridgehead atoms. The predicted octanol–water partition coefficient (Wildman–Crippen LogP) is 5.11. The summed E-state index contributed by atoms with van der Waals surface area (Å²) in [6, 6.07) is 13.7. The average molecular weight is 526 g/mol. The molecule has 0 fully saturated rings. The Hall–Kier alpha value is -3.55. The van der Waals surface area contributed by atoms with Gasteiger partial charge in [-0.2, -0.15) is 0 Å². The number of ether oxygens (including phenoxy) is 1. The molecule has 2 aromatic rings. The molecule has 3 unspecified atom stereocenters. The molecular formula is C30H43N3O5. The van der Waals surface area contributed by atoms with E-state index >= 15 is 0 Å². The fourth-order valence-corrected chi connectivity index (χ4v) is 4.26. The van der Waals surface area contributed by atoms with Crippen LogP contribution in [0.5, 0.6) is 5.75 Å². The maximum atomic E-state index is 14.2. The molecule has 8 nitrogen and oxygen atoms in total. The molecule has 3 atom stereocenters. The van der Waals surface area contributed by atoms with Crippen LogP contribution < -0.4 is 10.6 Å². The Morgan fingerprint density at radius 2 is 1.58 bits per heavy atom. The third-order valence-electron chi connectivity index (χ3n) is 5.90. The van der Waals surface area contributed by atoms with E-state index in [1.165, 1.54) is 17.0 Å². The second-order valence-corrected chi connectivity index (χ2v) is 10.6. The highest BCUT2D eigenvalue weighted by molar-refractivity contribution is 5.92. The number of alkyl carbamates (subject to hydrolysis) is 1. The number of carbonyl (C=O) groups is 3. The Balaban J connectivity index is 2.49. The van der Waals surface area contributed by atoms with Gasteiger partial charge < -0.3 is 25.4 Å². The zero-order chi connectivity index (χ0) is 28.3. The van der Waals surface area contributed by atoms with Gasteiger partial charge in [0, 0.05) is 19.0 Å². The number of nitrogens with zero attached hydrogens (tertiary/aromatic N) is 1. The smallest absolute Gasteiger partial charge is 0.408 e. The monoisotopic (exact) mass is 525 g/mol. The fraction of sp³-hybridized carbons (Fsp3) is 0.500. The van der Waals surface area contributed by atoms with Gasteiger partial charge in [0.2, 0.25) is 11.8 Å². The van der Waals surface area contributed by atoms with Gasteiger partial charge in [0.15, 0.2) is 0 Å². The van der Waals surface area contributed by atoms with Crippen molar-refractivity contribution in [3.8, 4) is 5.75 Å². The lowest BCUT2D eigenvalue weighted by Crippen LogP contribution is -2.54. The van der Waals surface area contributed by atoms with E-state index in [1.807, 2.05) is 51.1 Å². The standard InChI is InChI=1S/C30H43N3O5/c1-7-12-21(3)31-27(35)26(23-15-17-24(34)18-16-23)33(19-8-2)28(36)25(20-22-13-10-9-11-14-22)32-29(37)38-30(4,5)6/h9-11,13-18,21,25-26,34H,7-8,12,19-20H2,1-6H3,(H,31,35)(H,32,37). The lowest BCUT2D eigenvalue weighted by Gasteiger charge is -2.35. The minimum Gasteiger partial charge on any atom is -0.508 e. The molecule has 8 heteroatoms. The van der Waals surface area contributed by atoms with E-state index in [2.05, 4.69) is 10.6 Å². The Morgan fingerprint density at radius 3 is 2.13 bits per heavy atom. The summed E-state index contributed by atoms with van der Waals surface area (Å²) < 4.78 is 5.45. The first-order valence-corrected chi connectivity index (χ1v) is 13.4. The fourth-order valence-electron chi connectivity index (χ4n) is 4.26. The van der Waals surface area contributed by atoms with E-state index < -0.39 is 29.7 Å². The summed E-state index contributed by atoms with van der Waals surface area (Å²) in [6.45, 7) is 11.5. The average Bonchev–Trinajstić information content (AvgIpc) is 2.83. The molecule has 0 aliphatic rings. The molecule has 38 heavy (non-hydrogen) atoms. The topological polar surface area (TPSA) is 108 Å². The Kier molecular flexibility index (Phi) is 11.6. The summed E-state index contributed by atoms with van der Waals surface area (Å²) in [7, 11) is 0. The Morgan fingerprint density at radius 1 is 0.947 bits per heavy atom. The molecule has 0 spiro atoms. The van der Waals surface area contributed by atoms with Crippen LogP contribution in [0, 0.1) is 0 Å². The van der Waals surface area contributed by atoms with Crippen molar-refractivity contribution in [1.82, 2.24) is 15.5 Å². The number of amides is 3. The Labute approximate surface area is 226 Å². The maximum absolute atomic E-state index is 14.2. The summed E-state index contributed by atoms with van der Waals surface area (Å²) in [5, 5.41) is 15.6. The highest BCUT2D eigenvalue weighted by Crippen LogP contribution is 2.26. The highest BCUT2D eigenvalue weighted by atomic mass is 16.6. The zero-order valence-corrected chi connectivity index (χ0v) is 23.5. The van der Waals surface area contributed by atoms with Crippen LogP contribution in [0.25, 0.3) is 0 Å². The van der Waals surface area contributed by atoms with Gasteiger partial charge in [0.05, 0.1) is 0 Å². The van der Waals surface area contributed by atoms with Crippen LogP contribution in [-0.2, 0) is 20.7 Å². The van der Waals surface area contributed by atoms with Crippen molar-refractivity contribution in [2.45, 2.75) is 91.0 Å². The van der Waals surface area contributed by atoms with Crippen LogP contribution >= 0.6 is 0 Å². The minimum absolute atomic E-state index is 0.0640. The van der Waals surface area contributed by atoms with E-state index in [0.717, 1.165) is 18.4 Å². The first-order chi connectivity index (χ1) is 17.9. The van der Waals surface area contributed by atoms with Gasteiger partial charge in [0.25, 0.3) is 0 Å². The quantitative estimate of drug-likeness (QED) is 0.357. The number of carbonyl (C=O) groups excluding carboxylic acids is 3. The van der Waals surface area contributed by atoms with E-state index in [1.54, 1.807) is 32.9 Å². The second kappa shape index (κ2) is 14.4. The van der Waals surface area contributed by atoms with Crippen molar-refractivity contribution in [2.75, 3.05) is 6.54 Å². The molecule has 0 aliphatic heterocycles. The molecule has 208 valence electrons. The van der Waals surface area contributed by atoms with E-state index in [0.29, 0.717) is 18.5 Å². The largest absolute Gasteiger partial charge is 0.508 e. The molecule has 0 saturated carbocycles. The van der Waals surface area contributed by atoms with Gasteiger partial charge in [0.1, 0.15) is 23.4 Å². The molecule has 0 heterocycles. The van der Waals surface area contributed by atoms with Crippen molar-refractivity contribution < 1.29 is 24.2 Å². The van der Waals surface area contributed by atoms with Crippen LogP contribution in [0.15, 0.2) is 54.6 Å². The number of phenolic OH excluding ortho intramolecular Hbond substituents is 1. The molecule has 2 aromatic carbocycles. The van der Waals surface area contributed by atoms with Crippen LogP contribution in [0.4, 0.5) is 4.79 Å². The molecule has 3 amide bonds. The molecule has 0 saturated heterocycles. The number of phenols is 1. The summed E-state index contributed by atoms with van der Waals surface area (Å²) in [6.07, 6.45) is 1.83. The third-order valence-corrected chi connectivity index (χ3v) is 5.90. The predicted molar refractivity (Wildman–Crippen MR) is 149 cm³/mol. The molecule has 3 N–H and O–H groups in total. The molecule has 2 rings (SSSR count). The van der Waals surface area contributed by atoms with Crippen molar-refractivity contribution in [1.29, 1.82) is 0 Å². The highest BCUT2D eigenvalue weighted by Gasteiger charge is 2.36. The minimum atomic E-state index is -0.959. The van der Waals surface area contributed by atoms with E-state index in [4.69, 9.17) is 4.74 Å². The van der Waals surface area contributed by atoms with Crippen molar-refractivity contribution in [3.05, 3.63) is 65.7 Å². The summed E-state index contributed by atoms with van der Waals surface area (Å²) in [5.74, 6) is -0.638. The third kappa shape index (κ3) is 9.72. The molecule has 0 aromatic heterocycles. The first-order valence-electron chi connectivity index (χ1n) is 13.4. The first kappa shape index (κ1) is 30.7. The number of aromatic hydroxyl groups is 1.